The number of rotatable bonds is 4. The van der Waals surface area contributed by atoms with Gasteiger partial charge in [-0.2, -0.15) is 0 Å². The van der Waals surface area contributed by atoms with E-state index >= 15 is 0 Å². The van der Waals surface area contributed by atoms with Crippen molar-refractivity contribution in [3.05, 3.63) is 75.6 Å². The number of tetrazole rings is 1. The lowest BCUT2D eigenvalue weighted by atomic mass is 9.69. The molecule has 1 aliphatic rings. The molecule has 0 saturated heterocycles. The SMILES string of the molecule is Cc1ccc2c(c1)CCc1cc(C(N)=O)ccc1C2(CCN)c1nnn[nH]1. The van der Waals surface area contributed by atoms with Gasteiger partial charge in [0.15, 0.2) is 5.82 Å². The zero-order valence-electron chi connectivity index (χ0n) is 15.2. The second kappa shape index (κ2) is 6.59. The number of aromatic nitrogens is 4. The number of nitrogens with two attached hydrogens (primary N) is 2. The van der Waals surface area contributed by atoms with E-state index in [2.05, 4.69) is 45.7 Å². The second-order valence-corrected chi connectivity index (χ2v) is 7.09. The zero-order chi connectivity index (χ0) is 19.0. The predicted octanol–water partition coefficient (Wildman–Crippen LogP) is 1.39. The van der Waals surface area contributed by atoms with Crippen LogP contribution in [0.3, 0.4) is 0 Å². The summed E-state index contributed by atoms with van der Waals surface area (Å²) in [6.45, 7) is 2.55. The zero-order valence-corrected chi connectivity index (χ0v) is 15.2. The van der Waals surface area contributed by atoms with Gasteiger partial charge in [0.25, 0.3) is 0 Å². The van der Waals surface area contributed by atoms with Crippen molar-refractivity contribution in [3.8, 4) is 0 Å². The van der Waals surface area contributed by atoms with Gasteiger partial charge in [0, 0.05) is 5.56 Å². The molecule has 1 unspecified atom stereocenters. The molecule has 0 fully saturated rings. The van der Waals surface area contributed by atoms with Gasteiger partial charge in [-0.1, -0.05) is 29.8 Å². The molecule has 0 spiro atoms. The van der Waals surface area contributed by atoms with E-state index in [0.29, 0.717) is 24.4 Å². The van der Waals surface area contributed by atoms with E-state index in [1.54, 1.807) is 6.07 Å². The lowest BCUT2D eigenvalue weighted by molar-refractivity contribution is 0.1000. The maximum atomic E-state index is 11.7. The van der Waals surface area contributed by atoms with E-state index in [9.17, 15) is 4.79 Å². The first-order chi connectivity index (χ1) is 13.1. The third-order valence-electron chi connectivity index (χ3n) is 5.50. The molecule has 1 aliphatic carbocycles. The Morgan fingerprint density at radius 3 is 2.48 bits per heavy atom. The number of nitrogens with zero attached hydrogens (tertiary/aromatic N) is 3. The molecule has 0 aliphatic heterocycles. The van der Waals surface area contributed by atoms with Crippen LogP contribution in [0.2, 0.25) is 0 Å². The summed E-state index contributed by atoms with van der Waals surface area (Å²) in [6, 6.07) is 12.1. The lowest BCUT2D eigenvalue weighted by Gasteiger charge is -2.34. The molecule has 0 saturated carbocycles. The van der Waals surface area contributed by atoms with Gasteiger partial charge < -0.3 is 11.5 Å². The van der Waals surface area contributed by atoms with E-state index in [4.69, 9.17) is 11.5 Å². The van der Waals surface area contributed by atoms with Crippen LogP contribution in [-0.4, -0.2) is 33.1 Å². The summed E-state index contributed by atoms with van der Waals surface area (Å²) in [5.41, 5.74) is 17.2. The molecule has 2 aromatic carbocycles. The number of carbonyl (C=O) groups excluding carboxylic acids is 1. The van der Waals surface area contributed by atoms with Gasteiger partial charge in [-0.3, -0.25) is 4.79 Å². The molecule has 27 heavy (non-hydrogen) atoms. The number of aryl methyl sites for hydroxylation is 3. The summed E-state index contributed by atoms with van der Waals surface area (Å²) in [5.74, 6) is 0.231. The quantitative estimate of drug-likeness (QED) is 0.647. The Morgan fingerprint density at radius 2 is 1.85 bits per heavy atom. The van der Waals surface area contributed by atoms with Crippen molar-refractivity contribution in [1.82, 2.24) is 20.6 Å². The van der Waals surface area contributed by atoms with Crippen LogP contribution < -0.4 is 11.5 Å². The Balaban J connectivity index is 2.07. The van der Waals surface area contributed by atoms with Crippen molar-refractivity contribution < 1.29 is 4.79 Å². The van der Waals surface area contributed by atoms with Crippen LogP contribution >= 0.6 is 0 Å². The molecule has 5 N–H and O–H groups in total. The minimum atomic E-state index is -0.594. The minimum absolute atomic E-state index is 0.429. The van der Waals surface area contributed by atoms with Crippen molar-refractivity contribution in [3.63, 3.8) is 0 Å². The van der Waals surface area contributed by atoms with Crippen LogP contribution in [0.5, 0.6) is 0 Å². The fraction of sp³-hybridized carbons (Fsp3) is 0.300. The molecule has 3 aromatic rings. The van der Waals surface area contributed by atoms with Gasteiger partial charge in [-0.05, 0) is 77.5 Å². The number of carbonyl (C=O) groups is 1. The first kappa shape index (κ1) is 17.4. The molecule has 0 bridgehead atoms. The van der Waals surface area contributed by atoms with Crippen molar-refractivity contribution in [2.75, 3.05) is 6.54 Å². The highest BCUT2D eigenvalue weighted by molar-refractivity contribution is 5.93. The predicted molar refractivity (Wildman–Crippen MR) is 101 cm³/mol. The van der Waals surface area contributed by atoms with Crippen LogP contribution in [0.25, 0.3) is 0 Å². The van der Waals surface area contributed by atoms with E-state index in [1.165, 1.54) is 11.1 Å². The monoisotopic (exact) mass is 362 g/mol. The summed E-state index contributed by atoms with van der Waals surface area (Å²) in [5, 5.41) is 14.9. The smallest absolute Gasteiger partial charge is 0.248 e. The molecular formula is C20H22N6O. The van der Waals surface area contributed by atoms with Crippen LogP contribution in [0.15, 0.2) is 36.4 Å². The third-order valence-corrected chi connectivity index (χ3v) is 5.50. The average Bonchev–Trinajstić information content (AvgIpc) is 3.16. The summed E-state index contributed by atoms with van der Waals surface area (Å²) in [6.07, 6.45) is 2.31. The highest BCUT2D eigenvalue weighted by Crippen LogP contribution is 2.45. The molecule has 1 atom stereocenters. The third kappa shape index (κ3) is 2.71. The van der Waals surface area contributed by atoms with Gasteiger partial charge in [0.1, 0.15) is 0 Å². The van der Waals surface area contributed by atoms with Gasteiger partial charge >= 0.3 is 0 Å². The number of amides is 1. The van der Waals surface area contributed by atoms with Gasteiger partial charge in [0.05, 0.1) is 5.41 Å². The fourth-order valence-corrected chi connectivity index (χ4v) is 4.33. The Morgan fingerprint density at radius 1 is 1.15 bits per heavy atom. The number of nitrogens with one attached hydrogen (secondary N) is 1. The minimum Gasteiger partial charge on any atom is -0.366 e. The van der Waals surface area contributed by atoms with Crippen molar-refractivity contribution in [1.29, 1.82) is 0 Å². The fourth-order valence-electron chi connectivity index (χ4n) is 4.33. The van der Waals surface area contributed by atoms with Gasteiger partial charge in [0.2, 0.25) is 5.91 Å². The average molecular weight is 362 g/mol. The molecule has 7 nitrogen and oxygen atoms in total. The normalized spacial score (nSPS) is 18.4. The molecule has 0 radical (unpaired) electrons. The van der Waals surface area contributed by atoms with Crippen LogP contribution in [-0.2, 0) is 18.3 Å². The maximum absolute atomic E-state index is 11.7. The Kier molecular flexibility index (Phi) is 4.24. The molecule has 1 amide bonds. The van der Waals surface area contributed by atoms with Crippen molar-refractivity contribution in [2.24, 2.45) is 11.5 Å². The number of aromatic amines is 1. The number of fused-ring (bicyclic) bond motifs is 2. The summed E-state index contributed by atoms with van der Waals surface area (Å²) in [4.78, 5) is 11.7. The summed E-state index contributed by atoms with van der Waals surface area (Å²) < 4.78 is 0. The lowest BCUT2D eigenvalue weighted by Crippen LogP contribution is -2.35. The Bertz CT molecular complexity index is 998. The molecule has 1 heterocycles. The maximum Gasteiger partial charge on any atom is 0.248 e. The molecule has 138 valence electrons. The molecular weight excluding hydrogens is 340 g/mol. The summed E-state index contributed by atoms with van der Waals surface area (Å²) >= 11 is 0. The number of benzene rings is 2. The van der Waals surface area contributed by atoms with Crippen molar-refractivity contribution >= 4 is 5.91 Å². The molecule has 4 rings (SSSR count). The van der Waals surface area contributed by atoms with Gasteiger partial charge in [-0.25, -0.2) is 5.10 Å². The first-order valence-electron chi connectivity index (χ1n) is 9.03. The highest BCUT2D eigenvalue weighted by atomic mass is 16.1. The van der Waals surface area contributed by atoms with E-state index in [0.717, 1.165) is 29.5 Å². The first-order valence-corrected chi connectivity index (χ1v) is 9.03. The van der Waals surface area contributed by atoms with Crippen LogP contribution in [0, 0.1) is 6.92 Å². The van der Waals surface area contributed by atoms with E-state index in [-0.39, 0.29) is 0 Å². The highest BCUT2D eigenvalue weighted by Gasteiger charge is 2.43. The Labute approximate surface area is 157 Å². The second-order valence-electron chi connectivity index (χ2n) is 7.09. The van der Waals surface area contributed by atoms with E-state index in [1.807, 2.05) is 12.1 Å². The Hall–Kier alpha value is -3.06. The van der Waals surface area contributed by atoms with Crippen molar-refractivity contribution in [2.45, 2.75) is 31.6 Å². The van der Waals surface area contributed by atoms with Crippen LogP contribution in [0.4, 0.5) is 0 Å². The molecule has 7 heteroatoms. The van der Waals surface area contributed by atoms with Crippen LogP contribution in [0.1, 0.15) is 50.4 Å². The largest absolute Gasteiger partial charge is 0.366 e. The standard InChI is InChI=1S/C20H22N6O/c1-12-2-6-16-13(10-12)3-4-14-11-15(18(22)27)5-7-17(14)20(16,8-9-21)19-23-25-26-24-19/h2,5-7,10-11H,3-4,8-9,21H2,1H3,(H2,22,27)(H,23,24,25,26). The number of primary amides is 1. The van der Waals surface area contributed by atoms with E-state index < -0.39 is 11.3 Å². The topological polar surface area (TPSA) is 124 Å². The molecule has 1 aromatic heterocycles. The number of hydrogen-bond donors (Lipinski definition) is 3. The number of hydrogen-bond acceptors (Lipinski definition) is 5. The summed E-state index contributed by atoms with van der Waals surface area (Å²) in [7, 11) is 0. The number of H-pyrrole nitrogens is 1. The van der Waals surface area contributed by atoms with Gasteiger partial charge in [-0.15, -0.1) is 5.10 Å².